The van der Waals surface area contributed by atoms with E-state index >= 15 is 0 Å². The van der Waals surface area contributed by atoms with Gasteiger partial charge in [-0.3, -0.25) is 4.98 Å². The molecule has 52 heavy (non-hydrogen) atoms. The Morgan fingerprint density at radius 3 is 1.94 bits per heavy atom. The Morgan fingerprint density at radius 1 is 0.365 bits per heavy atom. The van der Waals surface area contributed by atoms with Crippen molar-refractivity contribution >= 4 is 65.2 Å². The smallest absolute Gasteiger partial charge is 0.0786 e. The monoisotopic (exact) mass is 659 g/mol. The predicted octanol–water partition coefficient (Wildman–Crippen LogP) is 12.9. The molecule has 3 heterocycles. The van der Waals surface area contributed by atoms with E-state index in [0.29, 0.717) is 0 Å². The number of hydrogen-bond donors (Lipinski definition) is 0. The third-order valence-electron chi connectivity index (χ3n) is 11.3. The van der Waals surface area contributed by atoms with E-state index in [1.807, 2.05) is 12.3 Å². The van der Waals surface area contributed by atoms with E-state index in [0.717, 1.165) is 5.69 Å². The molecule has 11 aromatic rings. The van der Waals surface area contributed by atoms with Gasteiger partial charge in [-0.15, -0.1) is 0 Å². The van der Waals surface area contributed by atoms with E-state index in [2.05, 4.69) is 173 Å². The van der Waals surface area contributed by atoms with Crippen LogP contribution in [0.25, 0.3) is 110 Å². The Morgan fingerprint density at radius 2 is 1.06 bits per heavy atom. The number of pyridine rings is 1. The highest BCUT2D eigenvalue weighted by Gasteiger charge is 2.25. The van der Waals surface area contributed by atoms with Crippen molar-refractivity contribution in [1.29, 1.82) is 0 Å². The van der Waals surface area contributed by atoms with Crippen LogP contribution in [0.5, 0.6) is 0 Å². The summed E-state index contributed by atoms with van der Waals surface area (Å²) in [4.78, 5) is 4.81. The number of nitrogens with zero attached hydrogens (tertiary/aromatic N) is 3. The molecule has 1 aliphatic carbocycles. The maximum absolute atomic E-state index is 4.81. The number of para-hydroxylation sites is 2. The molecule has 3 nitrogen and oxygen atoms in total. The predicted molar refractivity (Wildman–Crippen MR) is 218 cm³/mol. The van der Waals surface area contributed by atoms with Gasteiger partial charge in [0.05, 0.1) is 33.4 Å². The van der Waals surface area contributed by atoms with Crippen LogP contribution in [-0.2, 0) is 0 Å². The lowest BCUT2D eigenvalue weighted by atomic mass is 9.99. The number of fused-ring (bicyclic) bond motifs is 11. The molecule has 0 saturated carbocycles. The molecule has 0 N–H and O–H groups in total. The van der Waals surface area contributed by atoms with Crippen molar-refractivity contribution in [3.05, 3.63) is 176 Å². The third-order valence-corrected chi connectivity index (χ3v) is 11.3. The molecule has 0 spiro atoms. The van der Waals surface area contributed by atoms with E-state index < -0.39 is 0 Å². The molecule has 240 valence electrons. The first-order valence-electron chi connectivity index (χ1n) is 17.9. The zero-order chi connectivity index (χ0) is 33.9. The summed E-state index contributed by atoms with van der Waals surface area (Å²) in [5.41, 5.74) is 14.4. The zero-order valence-electron chi connectivity index (χ0n) is 28.1. The van der Waals surface area contributed by atoms with E-state index in [9.17, 15) is 0 Å². The lowest BCUT2D eigenvalue weighted by Gasteiger charge is -2.13. The summed E-state index contributed by atoms with van der Waals surface area (Å²) in [5.74, 6) is 0. The SMILES string of the molecule is c1ccc(-n2c3ccccc3c3cc(-c4ccc5c(c4)c4c6ccccc6ccc4n5-c4ccc5c6c(cccc46)-c4ncccc4-5)ccc32)cc1. The minimum Gasteiger partial charge on any atom is -0.309 e. The van der Waals surface area contributed by atoms with Crippen molar-refractivity contribution in [2.45, 2.75) is 0 Å². The zero-order valence-corrected chi connectivity index (χ0v) is 28.1. The van der Waals surface area contributed by atoms with Crippen LogP contribution in [0.4, 0.5) is 0 Å². The molecule has 0 aliphatic heterocycles. The first-order valence-corrected chi connectivity index (χ1v) is 17.9. The average molecular weight is 660 g/mol. The second-order valence-corrected chi connectivity index (χ2v) is 13.9. The van der Waals surface area contributed by atoms with Gasteiger partial charge in [0.15, 0.2) is 0 Å². The largest absolute Gasteiger partial charge is 0.309 e. The van der Waals surface area contributed by atoms with Gasteiger partial charge in [0.2, 0.25) is 0 Å². The van der Waals surface area contributed by atoms with E-state index in [4.69, 9.17) is 4.98 Å². The summed E-state index contributed by atoms with van der Waals surface area (Å²) in [5, 5.41) is 10.1. The first-order chi connectivity index (χ1) is 25.8. The highest BCUT2D eigenvalue weighted by atomic mass is 15.0. The van der Waals surface area contributed by atoms with Crippen LogP contribution in [0.3, 0.4) is 0 Å². The summed E-state index contributed by atoms with van der Waals surface area (Å²) in [6.45, 7) is 0. The Balaban J connectivity index is 1.13. The van der Waals surface area contributed by atoms with E-state index in [1.54, 1.807) is 0 Å². The summed E-state index contributed by atoms with van der Waals surface area (Å²) in [7, 11) is 0. The second kappa shape index (κ2) is 10.3. The van der Waals surface area contributed by atoms with Crippen molar-refractivity contribution < 1.29 is 0 Å². The number of rotatable bonds is 3. The molecule has 3 heteroatoms. The van der Waals surface area contributed by atoms with Crippen LogP contribution in [0.2, 0.25) is 0 Å². The molecular formula is C49H29N3. The Hall–Kier alpha value is -6.97. The van der Waals surface area contributed by atoms with Gasteiger partial charge in [0, 0.05) is 55.3 Å². The number of aromatic nitrogens is 3. The molecular weight excluding hydrogens is 631 g/mol. The Labute approximate surface area is 299 Å². The minimum atomic E-state index is 1.07. The van der Waals surface area contributed by atoms with Gasteiger partial charge < -0.3 is 9.13 Å². The molecule has 0 bridgehead atoms. The van der Waals surface area contributed by atoms with Crippen LogP contribution in [0.15, 0.2) is 176 Å². The molecule has 1 aliphatic rings. The molecule has 12 rings (SSSR count). The van der Waals surface area contributed by atoms with Crippen molar-refractivity contribution in [3.63, 3.8) is 0 Å². The van der Waals surface area contributed by atoms with Crippen LogP contribution >= 0.6 is 0 Å². The highest BCUT2D eigenvalue weighted by Crippen LogP contribution is 2.49. The minimum absolute atomic E-state index is 1.07. The first kappa shape index (κ1) is 27.8. The van der Waals surface area contributed by atoms with Crippen molar-refractivity contribution in [1.82, 2.24) is 14.1 Å². The maximum Gasteiger partial charge on any atom is 0.0786 e. The van der Waals surface area contributed by atoms with Gasteiger partial charge in [-0.1, -0.05) is 109 Å². The fraction of sp³-hybridized carbons (Fsp3) is 0. The van der Waals surface area contributed by atoms with Gasteiger partial charge >= 0.3 is 0 Å². The lowest BCUT2D eigenvalue weighted by molar-refractivity contribution is 1.18. The second-order valence-electron chi connectivity index (χ2n) is 13.9. The summed E-state index contributed by atoms with van der Waals surface area (Å²) < 4.78 is 4.86. The van der Waals surface area contributed by atoms with Crippen LogP contribution in [0.1, 0.15) is 0 Å². The maximum atomic E-state index is 4.81. The highest BCUT2D eigenvalue weighted by molar-refractivity contribution is 6.23. The van der Waals surface area contributed by atoms with Gasteiger partial charge in [0.1, 0.15) is 0 Å². The van der Waals surface area contributed by atoms with Crippen LogP contribution in [-0.4, -0.2) is 14.1 Å². The third kappa shape index (κ3) is 3.66. The van der Waals surface area contributed by atoms with Gasteiger partial charge in [0.25, 0.3) is 0 Å². The fourth-order valence-electron chi connectivity index (χ4n) is 9.08. The van der Waals surface area contributed by atoms with Gasteiger partial charge in [-0.2, -0.15) is 0 Å². The molecule has 0 saturated heterocycles. The molecule has 0 fully saturated rings. The van der Waals surface area contributed by atoms with E-state index in [1.165, 1.54) is 104 Å². The molecule has 0 atom stereocenters. The van der Waals surface area contributed by atoms with Crippen molar-refractivity contribution in [3.8, 4) is 44.9 Å². The molecule has 8 aromatic carbocycles. The van der Waals surface area contributed by atoms with E-state index in [-0.39, 0.29) is 0 Å². The Bertz CT molecular complexity index is 3260. The standard InChI is InChI=1S/C49H29N3/c1-2-11-33(12-3-1)51-42-18-7-6-14-35(42)40-28-31(20-23-44(40)51)32-21-24-45-41(29-32)48-34-13-5-4-10-30(34)19-25-46(48)52(45)43-26-22-36-37-17-9-27-50-49(37)39-16-8-15-38(43)47(36)39/h1-29H. The van der Waals surface area contributed by atoms with Gasteiger partial charge in [-0.25, -0.2) is 0 Å². The average Bonchev–Trinajstić information content (AvgIpc) is 3.85. The lowest BCUT2D eigenvalue weighted by Crippen LogP contribution is -1.96. The topological polar surface area (TPSA) is 22.8 Å². The van der Waals surface area contributed by atoms with Crippen molar-refractivity contribution in [2.75, 3.05) is 0 Å². The van der Waals surface area contributed by atoms with Crippen molar-refractivity contribution in [2.24, 2.45) is 0 Å². The number of benzene rings is 8. The molecule has 0 unspecified atom stereocenters. The summed E-state index contributed by atoms with van der Waals surface area (Å²) >= 11 is 0. The normalized spacial score (nSPS) is 12.2. The Kier molecular flexibility index (Phi) is 5.50. The van der Waals surface area contributed by atoms with Gasteiger partial charge in [-0.05, 0) is 88.1 Å². The summed E-state index contributed by atoms with van der Waals surface area (Å²) in [6, 6.07) is 62.3. The summed E-state index contributed by atoms with van der Waals surface area (Å²) in [6.07, 6.45) is 1.90. The van der Waals surface area contributed by atoms with Crippen LogP contribution < -0.4 is 0 Å². The van der Waals surface area contributed by atoms with Crippen LogP contribution in [0, 0.1) is 0 Å². The molecule has 0 radical (unpaired) electrons. The quantitative estimate of drug-likeness (QED) is 0.185. The molecule has 0 amide bonds. The fourth-order valence-corrected chi connectivity index (χ4v) is 9.08. The number of hydrogen-bond acceptors (Lipinski definition) is 1. The molecule has 3 aromatic heterocycles.